The van der Waals surface area contributed by atoms with Gasteiger partial charge in [0, 0.05) is 50.7 Å². The standard InChI is InChI=1S/C30H48N6O7/c1-19(2)24(34-29(42)43-30(3,4)5)23(37)18-21(8-7-13-32-28(31)41)26(39)33-22-11-9-20(10-12-22)25(38)27(40)36-16-14-35(6)15-17-36/h9-12,19,21,24-25,38H,7-8,13-18H2,1-6H3,(H,33,39)(H,34,42)(H3,31,32,41)/t21-,24+,25?/m1/s1. The lowest BCUT2D eigenvalue weighted by molar-refractivity contribution is -0.142. The van der Waals surface area contributed by atoms with E-state index in [0.717, 1.165) is 13.1 Å². The lowest BCUT2D eigenvalue weighted by atomic mass is 9.89. The van der Waals surface area contributed by atoms with Crippen molar-refractivity contribution in [2.24, 2.45) is 17.6 Å². The van der Waals surface area contributed by atoms with Crippen molar-refractivity contribution in [2.45, 2.75) is 71.6 Å². The van der Waals surface area contributed by atoms with Crippen molar-refractivity contribution >= 4 is 35.4 Å². The molecule has 0 spiro atoms. The number of amides is 5. The second kappa shape index (κ2) is 16.2. The summed E-state index contributed by atoms with van der Waals surface area (Å²) in [5, 5.41) is 18.5. The highest BCUT2D eigenvalue weighted by Gasteiger charge is 2.31. The summed E-state index contributed by atoms with van der Waals surface area (Å²) in [7, 11) is 1.98. The van der Waals surface area contributed by atoms with Crippen LogP contribution in [0.25, 0.3) is 0 Å². The minimum Gasteiger partial charge on any atom is -0.444 e. The molecular weight excluding hydrogens is 556 g/mol. The van der Waals surface area contributed by atoms with E-state index in [4.69, 9.17) is 10.5 Å². The van der Waals surface area contributed by atoms with E-state index in [0.29, 0.717) is 30.8 Å². The number of likely N-dealkylation sites (N-methyl/N-ethyl adjacent to an activating group) is 1. The summed E-state index contributed by atoms with van der Waals surface area (Å²) in [5.74, 6) is -2.15. The third kappa shape index (κ3) is 12.2. The number of Topliss-reactive ketones (excluding diaryl/α,β-unsaturated/α-hetero) is 1. The predicted molar refractivity (Wildman–Crippen MR) is 162 cm³/mol. The number of aliphatic hydroxyl groups excluding tert-OH is 1. The average Bonchev–Trinajstić information content (AvgIpc) is 2.92. The second-order valence-corrected chi connectivity index (χ2v) is 12.3. The summed E-state index contributed by atoms with van der Waals surface area (Å²) in [4.78, 5) is 66.6. The highest BCUT2D eigenvalue weighted by Crippen LogP contribution is 2.22. The van der Waals surface area contributed by atoms with Gasteiger partial charge in [-0.25, -0.2) is 9.59 Å². The van der Waals surface area contributed by atoms with Crippen molar-refractivity contribution < 1.29 is 33.8 Å². The van der Waals surface area contributed by atoms with Gasteiger partial charge in [0.1, 0.15) is 5.60 Å². The van der Waals surface area contributed by atoms with Crippen molar-refractivity contribution in [1.82, 2.24) is 20.4 Å². The number of benzene rings is 1. The molecule has 1 unspecified atom stereocenters. The molecule has 1 heterocycles. The summed E-state index contributed by atoms with van der Waals surface area (Å²) >= 11 is 0. The number of rotatable bonds is 13. The maximum Gasteiger partial charge on any atom is 0.408 e. The Bertz CT molecular complexity index is 1110. The fourth-order valence-electron chi connectivity index (χ4n) is 4.64. The van der Waals surface area contributed by atoms with E-state index in [-0.39, 0.29) is 37.0 Å². The van der Waals surface area contributed by atoms with E-state index in [2.05, 4.69) is 20.9 Å². The van der Waals surface area contributed by atoms with Gasteiger partial charge in [-0.1, -0.05) is 26.0 Å². The normalized spacial score (nSPS) is 16.1. The number of piperazine rings is 1. The number of primary amides is 1. The molecule has 13 nitrogen and oxygen atoms in total. The molecular formula is C30H48N6O7. The summed E-state index contributed by atoms with van der Waals surface area (Å²) in [5.41, 5.74) is 5.22. The number of aliphatic hydroxyl groups is 1. The van der Waals surface area contributed by atoms with Crippen LogP contribution in [0.2, 0.25) is 0 Å². The third-order valence-electron chi connectivity index (χ3n) is 7.08. The molecule has 0 bridgehead atoms. The highest BCUT2D eigenvalue weighted by molar-refractivity contribution is 5.97. The number of nitrogens with one attached hydrogen (secondary N) is 3. The predicted octanol–water partition coefficient (Wildman–Crippen LogP) is 2.01. The number of alkyl carbamates (subject to hydrolysis) is 1. The van der Waals surface area contributed by atoms with Crippen LogP contribution in [0.3, 0.4) is 0 Å². The molecule has 240 valence electrons. The van der Waals surface area contributed by atoms with Gasteiger partial charge in [-0.15, -0.1) is 0 Å². The minimum atomic E-state index is -1.32. The first-order chi connectivity index (χ1) is 20.1. The summed E-state index contributed by atoms with van der Waals surface area (Å²) in [6.07, 6.45) is -1.54. The zero-order valence-corrected chi connectivity index (χ0v) is 26.1. The number of hydrogen-bond acceptors (Lipinski definition) is 8. The van der Waals surface area contributed by atoms with Gasteiger partial charge in [0.25, 0.3) is 5.91 Å². The average molecular weight is 605 g/mol. The first kappa shape index (κ1) is 35.5. The molecule has 1 saturated heterocycles. The smallest absolute Gasteiger partial charge is 0.408 e. The highest BCUT2D eigenvalue weighted by atomic mass is 16.6. The van der Waals surface area contributed by atoms with Gasteiger partial charge in [0.15, 0.2) is 11.9 Å². The van der Waals surface area contributed by atoms with Crippen LogP contribution in [0.15, 0.2) is 24.3 Å². The lowest BCUT2D eigenvalue weighted by Gasteiger charge is -2.33. The van der Waals surface area contributed by atoms with E-state index in [9.17, 15) is 29.1 Å². The van der Waals surface area contributed by atoms with Gasteiger partial charge in [-0.3, -0.25) is 14.4 Å². The van der Waals surface area contributed by atoms with Crippen LogP contribution in [0.5, 0.6) is 0 Å². The number of hydrogen-bond donors (Lipinski definition) is 5. The maximum absolute atomic E-state index is 13.3. The SMILES string of the molecule is CC(C)[C@H](NC(=O)OC(C)(C)C)C(=O)C[C@@H](CCCNC(N)=O)C(=O)Nc1ccc(C(O)C(=O)N2CCN(C)CC2)cc1. The Labute approximate surface area is 253 Å². The zero-order valence-electron chi connectivity index (χ0n) is 26.1. The van der Waals surface area contributed by atoms with E-state index in [1.807, 2.05) is 7.05 Å². The molecule has 13 heteroatoms. The van der Waals surface area contributed by atoms with E-state index in [1.165, 1.54) is 0 Å². The van der Waals surface area contributed by atoms with Gasteiger partial charge in [0.2, 0.25) is 5.91 Å². The van der Waals surface area contributed by atoms with E-state index in [1.54, 1.807) is 63.8 Å². The minimum absolute atomic E-state index is 0.155. The zero-order chi connectivity index (χ0) is 32.3. The topological polar surface area (TPSA) is 183 Å². The first-order valence-corrected chi connectivity index (χ1v) is 14.7. The number of anilines is 1. The molecule has 1 aromatic carbocycles. The molecule has 2 rings (SSSR count). The molecule has 1 aromatic rings. The van der Waals surface area contributed by atoms with Gasteiger partial charge in [-0.2, -0.15) is 0 Å². The van der Waals surface area contributed by atoms with E-state index < -0.39 is 41.7 Å². The first-order valence-electron chi connectivity index (χ1n) is 14.7. The second-order valence-electron chi connectivity index (χ2n) is 12.3. The van der Waals surface area contributed by atoms with Crippen molar-refractivity contribution in [3.05, 3.63) is 29.8 Å². The van der Waals surface area contributed by atoms with Gasteiger partial charge in [-0.05, 0) is 64.3 Å². The van der Waals surface area contributed by atoms with Crippen LogP contribution in [-0.2, 0) is 19.1 Å². The summed E-state index contributed by atoms with van der Waals surface area (Å²) < 4.78 is 5.30. The molecule has 6 N–H and O–H groups in total. The Balaban J connectivity index is 2.10. The van der Waals surface area contributed by atoms with Crippen molar-refractivity contribution in [2.75, 3.05) is 45.1 Å². The molecule has 0 aliphatic carbocycles. The Morgan fingerprint density at radius 3 is 2.16 bits per heavy atom. The summed E-state index contributed by atoms with van der Waals surface area (Å²) in [6.45, 7) is 11.5. The van der Waals surface area contributed by atoms with Gasteiger partial charge >= 0.3 is 12.1 Å². The molecule has 43 heavy (non-hydrogen) atoms. The molecule has 0 radical (unpaired) electrons. The van der Waals surface area contributed by atoms with Crippen molar-refractivity contribution in [3.63, 3.8) is 0 Å². The number of nitrogens with two attached hydrogens (primary N) is 1. The molecule has 0 aromatic heterocycles. The molecule has 3 atom stereocenters. The third-order valence-corrected chi connectivity index (χ3v) is 7.08. The molecule has 1 aliphatic heterocycles. The lowest BCUT2D eigenvalue weighted by Crippen LogP contribution is -2.48. The van der Waals surface area contributed by atoms with Crippen LogP contribution in [0.4, 0.5) is 15.3 Å². The fraction of sp³-hybridized carbons (Fsp3) is 0.633. The maximum atomic E-state index is 13.3. The van der Waals surface area contributed by atoms with Gasteiger partial charge in [0.05, 0.1) is 6.04 Å². The van der Waals surface area contributed by atoms with E-state index >= 15 is 0 Å². The Morgan fingerprint density at radius 1 is 1.02 bits per heavy atom. The Morgan fingerprint density at radius 2 is 1.63 bits per heavy atom. The quantitative estimate of drug-likeness (QED) is 0.212. The largest absolute Gasteiger partial charge is 0.444 e. The monoisotopic (exact) mass is 604 g/mol. The Hall–Kier alpha value is -3.71. The van der Waals surface area contributed by atoms with Crippen molar-refractivity contribution in [3.8, 4) is 0 Å². The number of carbonyl (C=O) groups is 5. The van der Waals surface area contributed by atoms with Crippen LogP contribution in [0.1, 0.15) is 65.5 Å². The van der Waals surface area contributed by atoms with Crippen LogP contribution >= 0.6 is 0 Å². The fourth-order valence-corrected chi connectivity index (χ4v) is 4.64. The van der Waals surface area contributed by atoms with Crippen molar-refractivity contribution in [1.29, 1.82) is 0 Å². The van der Waals surface area contributed by atoms with Crippen LogP contribution in [-0.4, -0.2) is 96.0 Å². The number of ketones is 1. The molecule has 0 saturated carbocycles. The number of ether oxygens (including phenoxy) is 1. The van der Waals surface area contributed by atoms with Gasteiger partial charge < -0.3 is 41.3 Å². The van der Waals surface area contributed by atoms with Crippen LogP contribution < -0.4 is 21.7 Å². The van der Waals surface area contributed by atoms with Crippen LogP contribution in [0, 0.1) is 11.8 Å². The summed E-state index contributed by atoms with van der Waals surface area (Å²) in [6, 6.07) is 4.76. The number of nitrogens with zero attached hydrogens (tertiary/aromatic N) is 2. The molecule has 1 aliphatic rings. The molecule has 1 fully saturated rings. The number of carbonyl (C=O) groups excluding carboxylic acids is 5. The Kier molecular flexibility index (Phi) is 13.4. The number of urea groups is 1. The molecule has 5 amide bonds.